The van der Waals surface area contributed by atoms with E-state index in [4.69, 9.17) is 23.7 Å². The van der Waals surface area contributed by atoms with Crippen molar-refractivity contribution in [3.05, 3.63) is 82.3 Å². The van der Waals surface area contributed by atoms with Crippen molar-refractivity contribution in [1.29, 1.82) is 0 Å². The predicted octanol–water partition coefficient (Wildman–Crippen LogP) is 2.90. The number of imide groups is 1. The number of hydrogen-bond donors (Lipinski definition) is 2. The summed E-state index contributed by atoms with van der Waals surface area (Å²) in [6, 6.07) is 18.3. The summed E-state index contributed by atoms with van der Waals surface area (Å²) in [7, 11) is 1.23. The molecule has 2 aromatic carbocycles. The van der Waals surface area contributed by atoms with Gasteiger partial charge in [0.15, 0.2) is 23.8 Å². The second-order valence-electron chi connectivity index (χ2n) is 10.3. The lowest BCUT2D eigenvalue weighted by molar-refractivity contribution is -0.227. The number of cyclic esters (lactones) is 1. The van der Waals surface area contributed by atoms with E-state index in [0.29, 0.717) is 19.4 Å². The highest BCUT2D eigenvalue weighted by atomic mass is 79.9. The fraction of sp³-hybridized carbons (Fsp3) is 0.452. The first-order valence-electron chi connectivity index (χ1n) is 14.0. The Labute approximate surface area is 258 Å². The first-order chi connectivity index (χ1) is 20.8. The van der Waals surface area contributed by atoms with Crippen LogP contribution in [0.2, 0.25) is 0 Å². The van der Waals surface area contributed by atoms with Gasteiger partial charge >= 0.3 is 6.09 Å². The van der Waals surface area contributed by atoms with Gasteiger partial charge < -0.3 is 33.9 Å². The molecule has 0 aliphatic carbocycles. The van der Waals surface area contributed by atoms with E-state index < -0.39 is 47.9 Å². The Morgan fingerprint density at radius 3 is 2.44 bits per heavy atom. The first kappa shape index (κ1) is 32.9. The molecule has 2 N–H and O–H groups in total. The molecule has 0 saturated carbocycles. The molecule has 0 radical (unpaired) electrons. The molecule has 12 heteroatoms. The van der Waals surface area contributed by atoms with Crippen molar-refractivity contribution in [2.75, 3.05) is 33.5 Å². The van der Waals surface area contributed by atoms with Crippen molar-refractivity contribution in [2.24, 2.45) is 0 Å². The summed E-state index contributed by atoms with van der Waals surface area (Å²) in [4.78, 5) is 40.0. The number of methoxy groups -OCH3 is 1. The fourth-order valence-electron chi connectivity index (χ4n) is 4.86. The number of amides is 2. The molecule has 232 valence electrons. The summed E-state index contributed by atoms with van der Waals surface area (Å²) in [5.41, 5.74) is 1.87. The average molecular weight is 663 g/mol. The van der Waals surface area contributed by atoms with E-state index in [1.165, 1.54) is 7.11 Å². The van der Waals surface area contributed by atoms with Gasteiger partial charge in [-0.1, -0.05) is 60.7 Å². The normalized spacial score (nSPS) is 23.5. The van der Waals surface area contributed by atoms with E-state index in [-0.39, 0.29) is 37.3 Å². The minimum atomic E-state index is -1.95. The Bertz CT molecular complexity index is 1260. The number of hydrogen-bond acceptors (Lipinski definition) is 10. The van der Waals surface area contributed by atoms with Crippen LogP contribution in [0.25, 0.3) is 0 Å². The van der Waals surface area contributed by atoms with Crippen LogP contribution < -0.4 is 0 Å². The monoisotopic (exact) mass is 661 g/mol. The maximum absolute atomic E-state index is 13.6. The van der Waals surface area contributed by atoms with Crippen LogP contribution in [0.1, 0.15) is 24.0 Å². The first-order valence-corrected chi connectivity index (χ1v) is 14.8. The zero-order valence-electron chi connectivity index (χ0n) is 23.8. The van der Waals surface area contributed by atoms with Crippen molar-refractivity contribution in [3.8, 4) is 0 Å². The van der Waals surface area contributed by atoms with E-state index >= 15 is 0 Å². The standard InChI is InChI=1S/C31H36BrNO10/c1-39-28(29(36)33-23(19-42-30(33)37)15-21-9-4-2-5-10-21)27-25(35)16-26(32)31(38,43-27)13-8-14-40-20-24(17-34)41-18-22-11-6-3-7-12-22/h2-7,9-12,16,23-24,27-28,34,38H,8,13-15,17-20H2,1H3/t23-,24-,27-,28-,31+/m1/s1. The van der Waals surface area contributed by atoms with Gasteiger partial charge in [-0.3, -0.25) is 9.59 Å². The van der Waals surface area contributed by atoms with Crippen LogP contribution in [0.3, 0.4) is 0 Å². The van der Waals surface area contributed by atoms with Gasteiger partial charge in [0.25, 0.3) is 5.91 Å². The maximum atomic E-state index is 13.6. The van der Waals surface area contributed by atoms with Crippen molar-refractivity contribution < 1.29 is 48.3 Å². The Hall–Kier alpha value is -2.97. The van der Waals surface area contributed by atoms with Gasteiger partial charge in [0.2, 0.25) is 0 Å². The number of ketones is 1. The molecule has 2 aliphatic rings. The number of aliphatic hydroxyl groups excluding tert-OH is 1. The quantitative estimate of drug-likeness (QED) is 0.274. The van der Waals surface area contributed by atoms with E-state index in [2.05, 4.69) is 15.9 Å². The lowest BCUT2D eigenvalue weighted by Crippen LogP contribution is -2.56. The number of halogens is 1. The van der Waals surface area contributed by atoms with Crippen LogP contribution in [0.15, 0.2) is 71.2 Å². The van der Waals surface area contributed by atoms with Gasteiger partial charge in [-0.2, -0.15) is 0 Å². The molecule has 11 nitrogen and oxygen atoms in total. The van der Waals surface area contributed by atoms with E-state index in [0.717, 1.165) is 22.1 Å². The SMILES string of the molecule is CO[C@@H](C(=O)N1C(=O)OC[C@H]1Cc1ccccc1)[C@@H]1O[C@@](O)(CCCOC[C@@H](CO)OCc2ccccc2)C(Br)=CC1=O. The van der Waals surface area contributed by atoms with Crippen LogP contribution >= 0.6 is 15.9 Å². The van der Waals surface area contributed by atoms with E-state index in [9.17, 15) is 24.6 Å². The van der Waals surface area contributed by atoms with Gasteiger partial charge in [0.05, 0.1) is 30.3 Å². The molecule has 0 spiro atoms. The number of carbonyl (C=O) groups excluding carboxylic acids is 3. The molecule has 43 heavy (non-hydrogen) atoms. The van der Waals surface area contributed by atoms with Crippen molar-refractivity contribution in [1.82, 2.24) is 4.90 Å². The number of nitrogens with zero attached hydrogens (tertiary/aromatic N) is 1. The topological polar surface area (TPSA) is 141 Å². The molecular formula is C31H36BrNO10. The largest absolute Gasteiger partial charge is 0.447 e. The van der Waals surface area contributed by atoms with Crippen LogP contribution in [0.4, 0.5) is 4.79 Å². The summed E-state index contributed by atoms with van der Waals surface area (Å²) < 4.78 is 27.8. The second-order valence-corrected chi connectivity index (χ2v) is 11.1. The predicted molar refractivity (Wildman–Crippen MR) is 157 cm³/mol. The fourth-order valence-corrected chi connectivity index (χ4v) is 5.38. The third-order valence-electron chi connectivity index (χ3n) is 7.17. The second kappa shape index (κ2) is 15.7. The highest BCUT2D eigenvalue weighted by Gasteiger charge is 2.50. The zero-order chi connectivity index (χ0) is 30.8. The summed E-state index contributed by atoms with van der Waals surface area (Å²) in [6.07, 6.45) is -2.57. The molecule has 2 amide bonds. The van der Waals surface area contributed by atoms with Gasteiger partial charge in [-0.05, 0) is 46.0 Å². The van der Waals surface area contributed by atoms with Crippen molar-refractivity contribution >= 4 is 33.7 Å². The molecule has 2 heterocycles. The van der Waals surface area contributed by atoms with E-state index in [1.54, 1.807) is 0 Å². The molecule has 1 saturated heterocycles. The molecule has 2 aliphatic heterocycles. The molecule has 5 atom stereocenters. The maximum Gasteiger partial charge on any atom is 0.417 e. The third kappa shape index (κ3) is 8.57. The third-order valence-corrected chi connectivity index (χ3v) is 8.02. The van der Waals surface area contributed by atoms with Crippen LogP contribution in [-0.4, -0.2) is 96.6 Å². The number of carbonyl (C=O) groups is 3. The molecule has 0 bridgehead atoms. The zero-order valence-corrected chi connectivity index (χ0v) is 25.4. The minimum absolute atomic E-state index is 0.000799. The van der Waals surface area contributed by atoms with Crippen molar-refractivity contribution in [3.63, 3.8) is 0 Å². The Balaban J connectivity index is 1.32. The van der Waals surface area contributed by atoms with Crippen molar-refractivity contribution in [2.45, 2.75) is 56.0 Å². The number of ether oxygens (including phenoxy) is 5. The van der Waals surface area contributed by atoms with Gasteiger partial charge in [0, 0.05) is 20.1 Å². The number of aliphatic hydroxyl groups is 2. The molecule has 0 aromatic heterocycles. The smallest absolute Gasteiger partial charge is 0.417 e. The molecular weight excluding hydrogens is 626 g/mol. The summed E-state index contributed by atoms with van der Waals surface area (Å²) in [6.45, 7) is 0.443. The van der Waals surface area contributed by atoms with Gasteiger partial charge in [-0.15, -0.1) is 0 Å². The lowest BCUT2D eigenvalue weighted by atomic mass is 9.99. The summed E-state index contributed by atoms with van der Waals surface area (Å²) in [5.74, 6) is -3.36. The molecule has 0 unspecified atom stereocenters. The van der Waals surface area contributed by atoms with Gasteiger partial charge in [-0.25, -0.2) is 9.69 Å². The van der Waals surface area contributed by atoms with Crippen LogP contribution in [0.5, 0.6) is 0 Å². The molecule has 1 fully saturated rings. The lowest BCUT2D eigenvalue weighted by Gasteiger charge is -2.38. The minimum Gasteiger partial charge on any atom is -0.447 e. The average Bonchev–Trinajstić information content (AvgIpc) is 3.37. The highest BCUT2D eigenvalue weighted by molar-refractivity contribution is 9.11. The number of benzene rings is 2. The van der Waals surface area contributed by atoms with Crippen LogP contribution in [0, 0.1) is 0 Å². The molecule has 4 rings (SSSR count). The van der Waals surface area contributed by atoms with Crippen LogP contribution in [-0.2, 0) is 46.3 Å². The van der Waals surface area contributed by atoms with E-state index in [1.807, 2.05) is 60.7 Å². The summed E-state index contributed by atoms with van der Waals surface area (Å²) >= 11 is 3.22. The summed E-state index contributed by atoms with van der Waals surface area (Å²) in [5, 5.41) is 20.9. The Morgan fingerprint density at radius 2 is 1.79 bits per heavy atom. The molecule has 2 aromatic rings. The Kier molecular flexibility index (Phi) is 12.0. The highest BCUT2D eigenvalue weighted by Crippen LogP contribution is 2.36. The number of rotatable bonds is 15. The Morgan fingerprint density at radius 1 is 1.12 bits per heavy atom. The van der Waals surface area contributed by atoms with Gasteiger partial charge in [0.1, 0.15) is 12.7 Å².